The molecule has 1 aromatic carbocycles. The van der Waals surface area contributed by atoms with Gasteiger partial charge < -0.3 is 10.1 Å². The maximum absolute atomic E-state index is 11.8. The van der Waals surface area contributed by atoms with Gasteiger partial charge in [0.2, 0.25) is 5.56 Å². The molecule has 0 radical (unpaired) electrons. The van der Waals surface area contributed by atoms with Gasteiger partial charge in [0, 0.05) is 17.3 Å². The first kappa shape index (κ1) is 11.1. The zero-order valence-corrected chi connectivity index (χ0v) is 10.2. The van der Waals surface area contributed by atoms with Crippen molar-refractivity contribution in [3.05, 3.63) is 54.4 Å². The lowest BCUT2D eigenvalue weighted by Crippen LogP contribution is -2.19. The van der Waals surface area contributed by atoms with Crippen LogP contribution in [0.1, 0.15) is 10.4 Å². The molecule has 90 valence electrons. The largest absolute Gasteiger partial charge is 0.428 e. The van der Waals surface area contributed by atoms with Crippen molar-refractivity contribution in [3.8, 4) is 0 Å². The molecule has 0 amide bonds. The fraction of sp³-hybridized carbons (Fsp3) is 0.0769. The summed E-state index contributed by atoms with van der Waals surface area (Å²) in [7, 11) is 0. The minimum atomic E-state index is -0.372. The average molecular weight is 258 g/mol. The van der Waals surface area contributed by atoms with Crippen molar-refractivity contribution in [2.45, 2.75) is 10.5 Å². The zero-order valence-electron chi connectivity index (χ0n) is 9.37. The number of anilines is 1. The van der Waals surface area contributed by atoms with Gasteiger partial charge in [0.05, 0.1) is 11.3 Å². The Labute approximate surface area is 108 Å². The van der Waals surface area contributed by atoms with Crippen LogP contribution in [0, 0.1) is 0 Å². The van der Waals surface area contributed by atoms with Gasteiger partial charge in [0.15, 0.2) is 0 Å². The summed E-state index contributed by atoms with van der Waals surface area (Å²) < 4.78 is 5.36. The number of aromatic nitrogens is 1. The van der Waals surface area contributed by atoms with Crippen LogP contribution in [0.5, 0.6) is 0 Å². The molecule has 3 rings (SSSR count). The predicted molar refractivity (Wildman–Crippen MR) is 69.4 cm³/mol. The summed E-state index contributed by atoms with van der Waals surface area (Å²) >= 11 is 1.49. The molecule has 0 aliphatic carbocycles. The van der Waals surface area contributed by atoms with E-state index in [-0.39, 0.29) is 11.5 Å². The van der Waals surface area contributed by atoms with E-state index in [0.717, 1.165) is 10.6 Å². The standard InChI is InChI=1S/C13H10N2O2S/c16-12(9-5-7-14-8-6-9)17-13-15-10-3-1-2-4-11(10)18-13/h1-8,13,15H. The number of hydrogen-bond donors (Lipinski definition) is 1. The molecule has 1 aliphatic rings. The topological polar surface area (TPSA) is 51.2 Å². The number of fused-ring (bicyclic) bond motifs is 1. The number of rotatable bonds is 2. The van der Waals surface area contributed by atoms with Gasteiger partial charge in [-0.1, -0.05) is 23.9 Å². The van der Waals surface area contributed by atoms with Crippen LogP contribution < -0.4 is 5.32 Å². The summed E-state index contributed by atoms with van der Waals surface area (Å²) in [4.78, 5) is 16.8. The number of nitrogens with zero attached hydrogens (tertiary/aromatic N) is 1. The van der Waals surface area contributed by atoms with Gasteiger partial charge in [-0.05, 0) is 24.3 Å². The van der Waals surface area contributed by atoms with Gasteiger partial charge in [0.25, 0.3) is 0 Å². The predicted octanol–water partition coefficient (Wildman–Crippen LogP) is 2.74. The van der Waals surface area contributed by atoms with Crippen molar-refractivity contribution in [3.63, 3.8) is 0 Å². The van der Waals surface area contributed by atoms with E-state index in [9.17, 15) is 4.79 Å². The molecule has 5 heteroatoms. The number of hydrogen-bond acceptors (Lipinski definition) is 5. The number of esters is 1. The molecule has 1 aliphatic heterocycles. The van der Waals surface area contributed by atoms with Gasteiger partial charge in [-0.2, -0.15) is 0 Å². The number of carbonyl (C=O) groups excluding carboxylic acids is 1. The maximum Gasteiger partial charge on any atom is 0.340 e. The van der Waals surface area contributed by atoms with E-state index >= 15 is 0 Å². The Balaban J connectivity index is 1.68. The van der Waals surface area contributed by atoms with E-state index in [1.165, 1.54) is 11.8 Å². The van der Waals surface area contributed by atoms with Crippen LogP contribution in [0.15, 0.2) is 53.7 Å². The quantitative estimate of drug-likeness (QED) is 0.839. The van der Waals surface area contributed by atoms with Gasteiger partial charge in [-0.25, -0.2) is 4.79 Å². The van der Waals surface area contributed by atoms with Crippen LogP contribution in [0.25, 0.3) is 0 Å². The molecule has 18 heavy (non-hydrogen) atoms. The summed E-state index contributed by atoms with van der Waals surface area (Å²) in [6.45, 7) is 0. The van der Waals surface area contributed by atoms with E-state index < -0.39 is 0 Å². The lowest BCUT2D eigenvalue weighted by Gasteiger charge is -2.11. The van der Waals surface area contributed by atoms with Crippen LogP contribution in [0.4, 0.5) is 5.69 Å². The third kappa shape index (κ3) is 2.17. The van der Waals surface area contributed by atoms with Crippen LogP contribution >= 0.6 is 11.8 Å². The van der Waals surface area contributed by atoms with Crippen LogP contribution in [-0.4, -0.2) is 16.5 Å². The number of benzene rings is 1. The minimum Gasteiger partial charge on any atom is -0.428 e. The number of pyridine rings is 1. The molecule has 1 atom stereocenters. The zero-order chi connectivity index (χ0) is 12.4. The first-order chi connectivity index (χ1) is 8.83. The lowest BCUT2D eigenvalue weighted by molar-refractivity contribution is 0.0494. The van der Waals surface area contributed by atoms with Crippen molar-refractivity contribution < 1.29 is 9.53 Å². The molecule has 1 aromatic heterocycles. The minimum absolute atomic E-state index is 0.352. The first-order valence-corrected chi connectivity index (χ1v) is 6.34. The third-order valence-electron chi connectivity index (χ3n) is 2.52. The molecule has 1 unspecified atom stereocenters. The number of thioether (sulfide) groups is 1. The normalized spacial score (nSPS) is 16.8. The third-order valence-corrected chi connectivity index (χ3v) is 3.56. The van der Waals surface area contributed by atoms with E-state index in [1.54, 1.807) is 24.5 Å². The number of nitrogens with one attached hydrogen (secondary N) is 1. The smallest absolute Gasteiger partial charge is 0.340 e. The second kappa shape index (κ2) is 4.70. The Morgan fingerprint density at radius 1 is 1.22 bits per heavy atom. The molecular weight excluding hydrogens is 248 g/mol. The van der Waals surface area contributed by atoms with Crippen LogP contribution in [-0.2, 0) is 4.74 Å². The Morgan fingerprint density at radius 2 is 2.00 bits per heavy atom. The molecule has 0 spiro atoms. The molecule has 0 bridgehead atoms. The highest BCUT2D eigenvalue weighted by atomic mass is 32.2. The van der Waals surface area contributed by atoms with Gasteiger partial charge in [-0.3, -0.25) is 4.98 Å². The van der Waals surface area contributed by atoms with Crippen LogP contribution in [0.2, 0.25) is 0 Å². The van der Waals surface area contributed by atoms with Crippen molar-refractivity contribution in [1.82, 2.24) is 4.98 Å². The summed E-state index contributed by atoms with van der Waals surface area (Å²) in [6, 6.07) is 11.1. The maximum atomic E-state index is 11.8. The highest BCUT2D eigenvalue weighted by Crippen LogP contribution is 2.38. The van der Waals surface area contributed by atoms with Crippen molar-refractivity contribution in [2.24, 2.45) is 0 Å². The second-order valence-electron chi connectivity index (χ2n) is 3.73. The van der Waals surface area contributed by atoms with Crippen molar-refractivity contribution in [2.75, 3.05) is 5.32 Å². The molecule has 2 heterocycles. The fourth-order valence-corrected chi connectivity index (χ4v) is 2.63. The van der Waals surface area contributed by atoms with E-state index in [0.29, 0.717) is 5.56 Å². The Hall–Kier alpha value is -2.01. The summed E-state index contributed by atoms with van der Waals surface area (Å²) in [5.74, 6) is -0.352. The van der Waals surface area contributed by atoms with Crippen molar-refractivity contribution in [1.29, 1.82) is 0 Å². The summed E-state index contributed by atoms with van der Waals surface area (Å²) in [6.07, 6.45) is 3.14. The molecule has 0 saturated heterocycles. The number of carbonyl (C=O) groups is 1. The lowest BCUT2D eigenvalue weighted by atomic mass is 10.3. The van der Waals surface area contributed by atoms with Gasteiger partial charge in [0.1, 0.15) is 0 Å². The van der Waals surface area contributed by atoms with Gasteiger partial charge >= 0.3 is 5.97 Å². The fourth-order valence-electron chi connectivity index (χ4n) is 1.67. The number of para-hydroxylation sites is 1. The van der Waals surface area contributed by atoms with Crippen molar-refractivity contribution >= 4 is 23.4 Å². The summed E-state index contributed by atoms with van der Waals surface area (Å²) in [5.41, 5.74) is 1.13. The van der Waals surface area contributed by atoms with Crippen LogP contribution in [0.3, 0.4) is 0 Å². The van der Waals surface area contributed by atoms with E-state index in [1.807, 2.05) is 24.3 Å². The molecule has 2 aromatic rings. The van der Waals surface area contributed by atoms with E-state index in [4.69, 9.17) is 4.74 Å². The molecule has 4 nitrogen and oxygen atoms in total. The molecule has 0 fully saturated rings. The first-order valence-electron chi connectivity index (χ1n) is 5.46. The second-order valence-corrected chi connectivity index (χ2v) is 4.84. The average Bonchev–Trinajstić information content (AvgIpc) is 2.82. The molecule has 1 N–H and O–H groups in total. The monoisotopic (exact) mass is 258 g/mol. The summed E-state index contributed by atoms with van der Waals surface area (Å²) in [5, 5.41) is 3.14. The van der Waals surface area contributed by atoms with E-state index in [2.05, 4.69) is 10.3 Å². The number of ether oxygens (including phenoxy) is 1. The molecule has 0 saturated carbocycles. The Kier molecular flexibility index (Phi) is 2.90. The highest BCUT2D eigenvalue weighted by Gasteiger charge is 2.24. The Morgan fingerprint density at radius 3 is 2.78 bits per heavy atom. The highest BCUT2D eigenvalue weighted by molar-refractivity contribution is 8.00. The van der Waals surface area contributed by atoms with Gasteiger partial charge in [-0.15, -0.1) is 0 Å². The Bertz CT molecular complexity index is 549. The SMILES string of the molecule is O=C(OC1Nc2ccccc2S1)c1ccncc1. The molecular formula is C13H10N2O2S.